The van der Waals surface area contributed by atoms with E-state index in [-0.39, 0.29) is 45.4 Å². The maximum absolute atomic E-state index is 12.7. The highest BCUT2D eigenvalue weighted by molar-refractivity contribution is 6.11. The lowest BCUT2D eigenvalue weighted by atomic mass is 9.85. The highest BCUT2D eigenvalue weighted by Gasteiger charge is 2.28. The van der Waals surface area contributed by atoms with Crippen LogP contribution in [0.15, 0.2) is 133 Å². The maximum atomic E-state index is 12.7. The van der Waals surface area contributed by atoms with Gasteiger partial charge in [0.05, 0.1) is 59.9 Å². The molecule has 0 saturated heterocycles. The zero-order chi connectivity index (χ0) is 58.4. The minimum Gasteiger partial charge on any atom is -0.505 e. The third-order valence-electron chi connectivity index (χ3n) is 16.2. The van der Waals surface area contributed by atoms with E-state index in [0.717, 1.165) is 54.7 Å². The lowest BCUT2D eigenvalue weighted by Gasteiger charge is -2.24. The molecule has 0 unspecified atom stereocenters. The van der Waals surface area contributed by atoms with Gasteiger partial charge in [0.1, 0.15) is 34.5 Å². The van der Waals surface area contributed by atoms with E-state index in [4.69, 9.17) is 18.9 Å². The molecule has 0 radical (unpaired) electrons. The van der Waals surface area contributed by atoms with Crippen molar-refractivity contribution in [1.82, 2.24) is 9.13 Å². The first-order chi connectivity index (χ1) is 38.0. The Labute approximate surface area is 479 Å². The van der Waals surface area contributed by atoms with Gasteiger partial charge in [-0.25, -0.2) is 0 Å². The van der Waals surface area contributed by atoms with Gasteiger partial charge in [0.2, 0.25) is 0 Å². The van der Waals surface area contributed by atoms with Crippen LogP contribution in [0.2, 0.25) is 0 Å². The number of phenols is 2. The summed E-state index contributed by atoms with van der Waals surface area (Å²) < 4.78 is 29.9. The van der Waals surface area contributed by atoms with Crippen LogP contribution in [0, 0.1) is 13.8 Å². The van der Waals surface area contributed by atoms with Gasteiger partial charge in [-0.05, 0) is 192 Å². The molecular formula is C73H82N2O6. The number of phenolic OH excluding ortho intramolecular Hbond substituents is 2. The minimum absolute atomic E-state index is 0.0493. The van der Waals surface area contributed by atoms with E-state index in [1.165, 1.54) is 22.3 Å². The van der Waals surface area contributed by atoms with Crippen LogP contribution in [0.4, 0.5) is 0 Å². The first kappa shape index (κ1) is 56.4. The second kappa shape index (κ2) is 20.6. The van der Waals surface area contributed by atoms with Crippen LogP contribution in [0.25, 0.3) is 77.2 Å². The number of nitrogens with zero attached hydrogens (tertiary/aromatic N) is 2. The van der Waals surface area contributed by atoms with Crippen molar-refractivity contribution in [3.8, 4) is 68.1 Å². The molecular weight excluding hydrogens is 1000 g/mol. The molecule has 2 heterocycles. The third kappa shape index (κ3) is 10.7. The van der Waals surface area contributed by atoms with Gasteiger partial charge in [-0.1, -0.05) is 107 Å². The molecule has 0 amide bonds. The minimum atomic E-state index is -0.335. The molecule has 0 aliphatic rings. The Hall–Kier alpha value is -7.84. The summed E-state index contributed by atoms with van der Waals surface area (Å²) in [4.78, 5) is 0. The fourth-order valence-electron chi connectivity index (χ4n) is 11.6. The highest BCUT2D eigenvalue weighted by atomic mass is 16.5. The molecule has 0 aliphatic carbocycles. The Kier molecular flexibility index (Phi) is 14.4. The van der Waals surface area contributed by atoms with Crippen LogP contribution in [0.3, 0.4) is 0 Å². The van der Waals surface area contributed by atoms with Gasteiger partial charge in [0, 0.05) is 50.2 Å². The molecule has 0 spiro atoms. The van der Waals surface area contributed by atoms with Crippen LogP contribution >= 0.6 is 0 Å². The van der Waals surface area contributed by atoms with Crippen molar-refractivity contribution in [3.63, 3.8) is 0 Å². The quantitative estimate of drug-likeness (QED) is 0.127. The molecule has 2 atom stereocenters. The molecule has 8 heteroatoms. The van der Waals surface area contributed by atoms with Crippen LogP contribution in [-0.2, 0) is 21.7 Å². The fraction of sp³-hybridized carbons (Fsp3) is 0.342. The van der Waals surface area contributed by atoms with E-state index < -0.39 is 0 Å². The molecule has 81 heavy (non-hydrogen) atoms. The summed E-state index contributed by atoms with van der Waals surface area (Å²) in [5.41, 5.74) is 14.9. The van der Waals surface area contributed by atoms with E-state index in [0.29, 0.717) is 63.0 Å². The fourth-order valence-corrected chi connectivity index (χ4v) is 11.6. The number of aromatic nitrogens is 2. The summed E-state index contributed by atoms with van der Waals surface area (Å²) in [5.74, 6) is 2.76. The highest BCUT2D eigenvalue weighted by Crippen LogP contribution is 2.48. The van der Waals surface area contributed by atoms with Gasteiger partial charge in [0.15, 0.2) is 0 Å². The van der Waals surface area contributed by atoms with Crippen molar-refractivity contribution >= 4 is 43.6 Å². The number of fused-ring (bicyclic) bond motifs is 6. The summed E-state index contributed by atoms with van der Waals surface area (Å²) >= 11 is 0. The van der Waals surface area contributed by atoms with E-state index in [1.54, 1.807) is 14.2 Å². The average molecular weight is 1080 g/mol. The Balaban J connectivity index is 0.994. The number of aryl methyl sites for hydroxylation is 2. The standard InChI is InChI=1S/C73H82N2O6/c1-42-31-58(68(76)64(33-42)74-60-25-19-46(70(5,6)7)36-52(60)53-37-47(71(8,9)10)20-26-61(53)74)56-40-50(78-17)23-29-66(56)80-44(3)35-45(4)81-67-30-24-51(79-18)41-57(67)59-32-43(2)34-65(69(59)77)75-62-27-21-48(72(11,12)13)38-54(62)55-39-49(73(14,15)16)22-28-63(55)75/h19-34,36-41,44-45,76-77H,35H2,1-18H3/t44-,45+. The normalized spacial score (nSPS) is 13.4. The average Bonchev–Trinajstić information content (AvgIpc) is 4.13. The van der Waals surface area contributed by atoms with E-state index in [2.05, 4.69) is 191 Å². The van der Waals surface area contributed by atoms with E-state index >= 15 is 0 Å². The molecule has 8 aromatic carbocycles. The van der Waals surface area contributed by atoms with E-state index in [9.17, 15) is 10.2 Å². The van der Waals surface area contributed by atoms with Crippen molar-refractivity contribution in [3.05, 3.63) is 167 Å². The van der Waals surface area contributed by atoms with Gasteiger partial charge in [-0.15, -0.1) is 0 Å². The zero-order valence-corrected chi connectivity index (χ0v) is 51.0. The Morgan fingerprint density at radius 2 is 0.679 bits per heavy atom. The van der Waals surface area contributed by atoms with Gasteiger partial charge in [-0.2, -0.15) is 0 Å². The monoisotopic (exact) mass is 1080 g/mol. The van der Waals surface area contributed by atoms with Crippen molar-refractivity contribution in [2.24, 2.45) is 0 Å². The summed E-state index contributed by atoms with van der Waals surface area (Å²) in [6, 6.07) is 46.6. The Morgan fingerprint density at radius 1 is 0.383 bits per heavy atom. The lowest BCUT2D eigenvalue weighted by Crippen LogP contribution is -2.23. The molecule has 2 aromatic heterocycles. The molecule has 10 rings (SSSR count). The topological polar surface area (TPSA) is 87.2 Å². The largest absolute Gasteiger partial charge is 0.505 e. The maximum Gasteiger partial charge on any atom is 0.147 e. The SMILES string of the molecule is COc1ccc(O[C@H](C)C[C@H](C)Oc2ccc(OC)cc2-c2cc(C)cc(-n3c4ccc(C(C)(C)C)cc4c4cc(C(C)(C)C)ccc43)c2O)c(-c2cc(C)cc(-n3c4ccc(C(C)(C)C)cc4c4cc(C(C)(C)C)ccc43)c2O)c1. The molecule has 0 saturated carbocycles. The number of aromatic hydroxyl groups is 2. The zero-order valence-electron chi connectivity index (χ0n) is 51.0. The number of rotatable bonds is 12. The number of hydrogen-bond acceptors (Lipinski definition) is 6. The Morgan fingerprint density at radius 3 is 0.951 bits per heavy atom. The number of benzene rings is 8. The molecule has 10 aromatic rings. The van der Waals surface area contributed by atoms with Gasteiger partial charge in [-0.3, -0.25) is 0 Å². The van der Waals surface area contributed by atoms with Gasteiger partial charge >= 0.3 is 0 Å². The predicted molar refractivity (Wildman–Crippen MR) is 338 cm³/mol. The number of hydrogen-bond donors (Lipinski definition) is 2. The van der Waals surface area contributed by atoms with Crippen molar-refractivity contribution < 1.29 is 29.2 Å². The van der Waals surface area contributed by atoms with Crippen LogP contribution in [0.5, 0.6) is 34.5 Å². The second-order valence-electron chi connectivity index (χ2n) is 26.8. The molecule has 2 N–H and O–H groups in total. The smallest absolute Gasteiger partial charge is 0.147 e. The first-order valence-electron chi connectivity index (χ1n) is 28.6. The number of methoxy groups -OCH3 is 2. The molecule has 0 aliphatic heterocycles. The molecule has 420 valence electrons. The summed E-state index contributed by atoms with van der Waals surface area (Å²) in [7, 11) is 3.30. The van der Waals surface area contributed by atoms with Crippen LogP contribution in [-0.4, -0.2) is 45.8 Å². The van der Waals surface area contributed by atoms with Crippen molar-refractivity contribution in [1.29, 1.82) is 0 Å². The summed E-state index contributed by atoms with van der Waals surface area (Å²) in [6.45, 7) is 35.2. The lowest BCUT2D eigenvalue weighted by molar-refractivity contribution is 0.131. The van der Waals surface area contributed by atoms with Crippen molar-refractivity contribution in [2.75, 3.05) is 14.2 Å². The Bertz CT molecular complexity index is 3660. The summed E-state index contributed by atoms with van der Waals surface area (Å²) in [6.07, 6.45) is -0.160. The predicted octanol–water partition coefficient (Wildman–Crippen LogP) is 19.1. The number of ether oxygens (including phenoxy) is 4. The first-order valence-corrected chi connectivity index (χ1v) is 28.6. The summed E-state index contributed by atoms with van der Waals surface area (Å²) in [5, 5.41) is 30.0. The molecule has 0 fully saturated rings. The van der Waals surface area contributed by atoms with E-state index in [1.807, 2.05) is 62.4 Å². The molecule has 0 bridgehead atoms. The second-order valence-corrected chi connectivity index (χ2v) is 26.8. The van der Waals surface area contributed by atoms with Crippen molar-refractivity contribution in [2.45, 2.75) is 151 Å². The van der Waals surface area contributed by atoms with Crippen LogP contribution < -0.4 is 18.9 Å². The van der Waals surface area contributed by atoms with Crippen LogP contribution in [0.1, 0.15) is 137 Å². The van der Waals surface area contributed by atoms with Gasteiger partial charge in [0.25, 0.3) is 0 Å². The van der Waals surface area contributed by atoms with Gasteiger partial charge < -0.3 is 38.3 Å². The third-order valence-corrected chi connectivity index (χ3v) is 16.2. The molecule has 8 nitrogen and oxygen atoms in total.